The van der Waals surface area contributed by atoms with Gasteiger partial charge in [-0.05, 0) is 33.2 Å². The van der Waals surface area contributed by atoms with Crippen molar-refractivity contribution < 1.29 is 38.0 Å². The molecule has 0 aliphatic carbocycles. The van der Waals surface area contributed by atoms with E-state index in [1.165, 1.54) is 4.90 Å². The minimum Gasteiger partial charge on any atom is -0.465 e. The van der Waals surface area contributed by atoms with Crippen LogP contribution >= 0.6 is 0 Å². The predicted molar refractivity (Wildman–Crippen MR) is 112 cm³/mol. The number of azide groups is 1. The number of nitrogens with zero attached hydrogens (tertiary/aromatic N) is 4. The van der Waals surface area contributed by atoms with Crippen LogP contribution in [0.15, 0.2) is 5.11 Å². The molecular formula is C19H36N4O8. The Morgan fingerprint density at radius 2 is 1.42 bits per heavy atom. The summed E-state index contributed by atoms with van der Waals surface area (Å²) in [4.78, 5) is 27.8. The van der Waals surface area contributed by atoms with Crippen LogP contribution in [-0.4, -0.2) is 102 Å². The Morgan fingerprint density at radius 3 is 1.90 bits per heavy atom. The summed E-state index contributed by atoms with van der Waals surface area (Å²) in [7, 11) is 0. The average Bonchev–Trinajstić information content (AvgIpc) is 2.68. The van der Waals surface area contributed by atoms with Gasteiger partial charge in [-0.2, -0.15) is 0 Å². The molecule has 0 bridgehead atoms. The van der Waals surface area contributed by atoms with Gasteiger partial charge in [-0.3, -0.25) is 9.69 Å². The lowest BCUT2D eigenvalue weighted by Gasteiger charge is -2.26. The molecule has 180 valence electrons. The molecule has 0 aromatic heterocycles. The fourth-order valence-electron chi connectivity index (χ4n) is 2.01. The molecule has 0 radical (unpaired) electrons. The number of esters is 1. The highest BCUT2D eigenvalue weighted by atomic mass is 16.6. The lowest BCUT2D eigenvalue weighted by molar-refractivity contribution is -0.144. The summed E-state index contributed by atoms with van der Waals surface area (Å²) in [5, 5.41) is 3.35. The molecule has 0 rings (SSSR count). The van der Waals surface area contributed by atoms with Crippen molar-refractivity contribution in [3.05, 3.63) is 10.4 Å². The van der Waals surface area contributed by atoms with E-state index in [0.717, 1.165) is 0 Å². The first kappa shape index (κ1) is 28.9. The van der Waals surface area contributed by atoms with Crippen molar-refractivity contribution in [3.63, 3.8) is 0 Å². The van der Waals surface area contributed by atoms with E-state index in [2.05, 4.69) is 10.0 Å². The zero-order chi connectivity index (χ0) is 23.4. The summed E-state index contributed by atoms with van der Waals surface area (Å²) < 4.78 is 31.6. The fraction of sp³-hybridized carbons (Fsp3) is 0.895. The Morgan fingerprint density at radius 1 is 0.903 bits per heavy atom. The van der Waals surface area contributed by atoms with E-state index in [1.807, 2.05) is 0 Å². The molecule has 0 atom stereocenters. The number of hydrogen-bond acceptors (Lipinski definition) is 9. The van der Waals surface area contributed by atoms with Crippen LogP contribution < -0.4 is 0 Å². The SMILES string of the molecule is CCOC(=O)CN(CCOCCOCCOCCOCCN=[N+]=[N-])C(=O)OC(C)(C)C. The third kappa shape index (κ3) is 19.6. The van der Waals surface area contributed by atoms with Crippen molar-refractivity contribution in [2.24, 2.45) is 5.11 Å². The molecule has 1 amide bonds. The minimum absolute atomic E-state index is 0.191. The number of ether oxygens (including phenoxy) is 6. The summed E-state index contributed by atoms with van der Waals surface area (Å²) in [5.41, 5.74) is 7.44. The van der Waals surface area contributed by atoms with E-state index in [9.17, 15) is 9.59 Å². The quantitative estimate of drug-likeness (QED) is 0.102. The van der Waals surface area contributed by atoms with Gasteiger partial charge in [0.25, 0.3) is 0 Å². The highest BCUT2D eigenvalue weighted by molar-refractivity contribution is 5.78. The molecule has 0 aromatic carbocycles. The number of amides is 1. The molecule has 0 N–H and O–H groups in total. The van der Waals surface area contributed by atoms with E-state index >= 15 is 0 Å². The molecule has 0 fully saturated rings. The molecule has 0 aliphatic heterocycles. The smallest absolute Gasteiger partial charge is 0.410 e. The monoisotopic (exact) mass is 448 g/mol. The van der Waals surface area contributed by atoms with Gasteiger partial charge in [0.15, 0.2) is 0 Å². The molecule has 12 nitrogen and oxygen atoms in total. The van der Waals surface area contributed by atoms with Gasteiger partial charge in [0, 0.05) is 18.0 Å². The van der Waals surface area contributed by atoms with Crippen LogP contribution in [0.2, 0.25) is 0 Å². The molecule has 0 aliphatic rings. The second-order valence-corrected chi connectivity index (χ2v) is 7.11. The van der Waals surface area contributed by atoms with Crippen LogP contribution in [-0.2, 0) is 33.2 Å². The minimum atomic E-state index is -0.668. The number of rotatable bonds is 18. The molecule has 12 heteroatoms. The summed E-state index contributed by atoms with van der Waals surface area (Å²) >= 11 is 0. The molecule has 0 unspecified atom stereocenters. The zero-order valence-corrected chi connectivity index (χ0v) is 19.0. The molecule has 0 aromatic rings. The largest absolute Gasteiger partial charge is 0.465 e. The topological polar surface area (TPSA) is 142 Å². The second kappa shape index (κ2) is 18.6. The standard InChI is InChI=1S/C19H36N4O8/c1-5-30-17(24)16-23(18(25)31-19(2,3)4)7-9-27-11-13-29-15-14-28-12-10-26-8-6-21-22-20/h5-16H2,1-4H3. The Kier molecular flexibility index (Phi) is 17.4. The summed E-state index contributed by atoms with van der Waals surface area (Å²) in [6.07, 6.45) is -0.598. The van der Waals surface area contributed by atoms with Crippen LogP contribution in [0.3, 0.4) is 0 Å². The maximum absolute atomic E-state index is 12.3. The van der Waals surface area contributed by atoms with Crippen LogP contribution in [0.25, 0.3) is 10.4 Å². The first-order valence-electron chi connectivity index (χ1n) is 10.3. The van der Waals surface area contributed by atoms with Gasteiger partial charge in [0.05, 0.1) is 59.5 Å². The van der Waals surface area contributed by atoms with Gasteiger partial charge in [0.2, 0.25) is 0 Å². The molecule has 0 spiro atoms. The summed E-state index contributed by atoms with van der Waals surface area (Å²) in [5.74, 6) is -0.502. The number of hydrogen-bond donors (Lipinski definition) is 0. The number of carbonyl (C=O) groups excluding carboxylic acids is 2. The normalized spacial score (nSPS) is 11.0. The first-order chi connectivity index (χ1) is 14.8. The second-order valence-electron chi connectivity index (χ2n) is 7.11. The summed E-state index contributed by atoms with van der Waals surface area (Å²) in [6.45, 7) is 10.5. The lowest BCUT2D eigenvalue weighted by atomic mass is 10.2. The molecule has 0 saturated carbocycles. The van der Waals surface area contributed by atoms with Crippen molar-refractivity contribution in [1.82, 2.24) is 4.90 Å². The van der Waals surface area contributed by atoms with Crippen LogP contribution in [0, 0.1) is 0 Å². The van der Waals surface area contributed by atoms with Gasteiger partial charge in [-0.25, -0.2) is 4.79 Å². The van der Waals surface area contributed by atoms with Crippen molar-refractivity contribution in [2.75, 3.05) is 79.1 Å². The van der Waals surface area contributed by atoms with Gasteiger partial charge in [-0.1, -0.05) is 5.11 Å². The zero-order valence-electron chi connectivity index (χ0n) is 19.0. The Bertz CT molecular complexity index is 535. The van der Waals surface area contributed by atoms with Crippen LogP contribution in [0.1, 0.15) is 27.7 Å². The lowest BCUT2D eigenvalue weighted by Crippen LogP contribution is -2.42. The van der Waals surface area contributed by atoms with Crippen molar-refractivity contribution in [2.45, 2.75) is 33.3 Å². The highest BCUT2D eigenvalue weighted by Gasteiger charge is 2.24. The molecule has 0 saturated heterocycles. The Hall–Kier alpha value is -2.11. The third-order valence-corrected chi connectivity index (χ3v) is 3.30. The van der Waals surface area contributed by atoms with E-state index in [0.29, 0.717) is 52.8 Å². The number of carbonyl (C=O) groups is 2. The maximum atomic E-state index is 12.3. The fourth-order valence-corrected chi connectivity index (χ4v) is 2.01. The van der Waals surface area contributed by atoms with Gasteiger partial charge >= 0.3 is 12.1 Å². The van der Waals surface area contributed by atoms with Crippen molar-refractivity contribution in [1.29, 1.82) is 0 Å². The third-order valence-electron chi connectivity index (χ3n) is 3.30. The van der Waals surface area contributed by atoms with Gasteiger partial charge < -0.3 is 28.4 Å². The average molecular weight is 449 g/mol. The Balaban J connectivity index is 3.83. The molecular weight excluding hydrogens is 412 g/mol. The maximum Gasteiger partial charge on any atom is 0.410 e. The van der Waals surface area contributed by atoms with Crippen molar-refractivity contribution >= 4 is 12.1 Å². The van der Waals surface area contributed by atoms with Crippen LogP contribution in [0.5, 0.6) is 0 Å². The first-order valence-corrected chi connectivity index (χ1v) is 10.3. The molecule has 0 heterocycles. The van der Waals surface area contributed by atoms with E-state index in [4.69, 9.17) is 34.0 Å². The van der Waals surface area contributed by atoms with Gasteiger partial charge in [0.1, 0.15) is 12.1 Å². The van der Waals surface area contributed by atoms with E-state index in [-0.39, 0.29) is 26.3 Å². The predicted octanol–water partition coefficient (Wildman–Crippen LogP) is 2.16. The summed E-state index contributed by atoms with van der Waals surface area (Å²) in [6, 6.07) is 0. The van der Waals surface area contributed by atoms with E-state index in [1.54, 1.807) is 27.7 Å². The van der Waals surface area contributed by atoms with E-state index < -0.39 is 17.7 Å². The van der Waals surface area contributed by atoms with Crippen molar-refractivity contribution in [3.8, 4) is 0 Å². The van der Waals surface area contributed by atoms with Crippen LogP contribution in [0.4, 0.5) is 4.79 Å². The Labute approximate surface area is 183 Å². The highest BCUT2D eigenvalue weighted by Crippen LogP contribution is 2.10. The van der Waals surface area contributed by atoms with Gasteiger partial charge in [-0.15, -0.1) is 0 Å². The molecule has 31 heavy (non-hydrogen) atoms.